The highest BCUT2D eigenvalue weighted by atomic mass is 16.1. The molecule has 6 nitrogen and oxygen atoms in total. The highest BCUT2D eigenvalue weighted by Gasteiger charge is 2.02. The van der Waals surface area contributed by atoms with Gasteiger partial charge in [0.1, 0.15) is 11.8 Å². The van der Waals surface area contributed by atoms with Gasteiger partial charge in [0.05, 0.1) is 6.54 Å². The van der Waals surface area contributed by atoms with E-state index in [2.05, 4.69) is 20.6 Å². The second-order valence-electron chi connectivity index (χ2n) is 3.08. The van der Waals surface area contributed by atoms with Gasteiger partial charge >= 0.3 is 0 Å². The Morgan fingerprint density at radius 3 is 3.12 bits per heavy atom. The number of amides is 1. The van der Waals surface area contributed by atoms with E-state index >= 15 is 0 Å². The molecule has 0 aromatic carbocycles. The summed E-state index contributed by atoms with van der Waals surface area (Å²) >= 11 is 0. The number of hydrogen-bond donors (Lipinski definition) is 2. The lowest BCUT2D eigenvalue weighted by Crippen LogP contribution is -2.30. The summed E-state index contributed by atoms with van der Waals surface area (Å²) in [5, 5.41) is 14.1. The minimum absolute atomic E-state index is 0.106. The van der Waals surface area contributed by atoms with E-state index in [1.807, 2.05) is 13.0 Å². The summed E-state index contributed by atoms with van der Waals surface area (Å²) in [4.78, 5) is 19.0. The number of nitrogens with one attached hydrogen (secondary N) is 2. The Hall–Kier alpha value is -2.16. The van der Waals surface area contributed by atoms with Crippen molar-refractivity contribution in [3.05, 3.63) is 18.0 Å². The molecule has 16 heavy (non-hydrogen) atoms. The molecular formula is C10H13N5O. The zero-order valence-corrected chi connectivity index (χ0v) is 9.03. The van der Waals surface area contributed by atoms with E-state index in [0.29, 0.717) is 6.54 Å². The van der Waals surface area contributed by atoms with Crippen molar-refractivity contribution in [2.45, 2.75) is 13.3 Å². The molecule has 0 aliphatic carbocycles. The van der Waals surface area contributed by atoms with Gasteiger partial charge < -0.3 is 10.6 Å². The molecule has 0 unspecified atom stereocenters. The van der Waals surface area contributed by atoms with Crippen molar-refractivity contribution in [1.82, 2.24) is 15.3 Å². The maximum absolute atomic E-state index is 11.2. The summed E-state index contributed by atoms with van der Waals surface area (Å²) in [6.07, 6.45) is 2.37. The van der Waals surface area contributed by atoms with Gasteiger partial charge in [-0.25, -0.2) is 9.97 Å². The van der Waals surface area contributed by atoms with Crippen LogP contribution in [0.4, 0.5) is 5.95 Å². The van der Waals surface area contributed by atoms with Crippen molar-refractivity contribution in [3.63, 3.8) is 0 Å². The topological polar surface area (TPSA) is 90.7 Å². The third-order valence-electron chi connectivity index (χ3n) is 1.75. The third kappa shape index (κ3) is 3.92. The molecule has 84 valence electrons. The monoisotopic (exact) mass is 219 g/mol. The predicted octanol–water partition coefficient (Wildman–Crippen LogP) is 0.286. The molecular weight excluding hydrogens is 206 g/mol. The Morgan fingerprint density at radius 2 is 2.44 bits per heavy atom. The zero-order chi connectivity index (χ0) is 11.8. The lowest BCUT2D eigenvalue weighted by molar-refractivity contribution is -0.119. The number of carbonyl (C=O) groups is 1. The number of anilines is 1. The van der Waals surface area contributed by atoms with E-state index in [0.717, 1.165) is 6.42 Å². The van der Waals surface area contributed by atoms with Crippen molar-refractivity contribution < 1.29 is 4.79 Å². The summed E-state index contributed by atoms with van der Waals surface area (Å²) in [7, 11) is 0. The average Bonchev–Trinajstić information content (AvgIpc) is 2.34. The predicted molar refractivity (Wildman–Crippen MR) is 58.5 cm³/mol. The van der Waals surface area contributed by atoms with Gasteiger partial charge in [0.2, 0.25) is 11.9 Å². The summed E-state index contributed by atoms with van der Waals surface area (Å²) in [6.45, 7) is 2.74. The van der Waals surface area contributed by atoms with Crippen LogP contribution in [-0.4, -0.2) is 29.0 Å². The molecule has 0 atom stereocenters. The lowest BCUT2D eigenvalue weighted by Gasteiger charge is -2.05. The van der Waals surface area contributed by atoms with Crippen LogP contribution >= 0.6 is 0 Å². The van der Waals surface area contributed by atoms with Crippen LogP contribution in [0, 0.1) is 11.3 Å². The number of hydrogen-bond acceptors (Lipinski definition) is 5. The van der Waals surface area contributed by atoms with Crippen LogP contribution in [0.25, 0.3) is 0 Å². The normalized spacial score (nSPS) is 9.25. The van der Waals surface area contributed by atoms with Gasteiger partial charge in [0, 0.05) is 12.7 Å². The largest absolute Gasteiger partial charge is 0.355 e. The van der Waals surface area contributed by atoms with E-state index in [-0.39, 0.29) is 24.1 Å². The molecule has 0 spiro atoms. The molecule has 1 heterocycles. The maximum atomic E-state index is 11.2. The molecule has 0 bridgehead atoms. The molecule has 1 amide bonds. The molecule has 0 aliphatic rings. The first-order valence-electron chi connectivity index (χ1n) is 5.00. The summed E-state index contributed by atoms with van der Waals surface area (Å²) in [6, 6.07) is 3.40. The van der Waals surface area contributed by atoms with Crippen molar-refractivity contribution in [3.8, 4) is 6.07 Å². The standard InChI is InChI=1S/C10H13N5O/c1-2-4-12-9(16)7-14-10-13-5-3-8(6-11)15-10/h3,5H,2,4,7H2,1H3,(H,12,16)(H,13,14,15). The van der Waals surface area contributed by atoms with E-state index in [1.54, 1.807) is 0 Å². The fourth-order valence-electron chi connectivity index (χ4n) is 0.992. The van der Waals surface area contributed by atoms with Gasteiger partial charge in [-0.3, -0.25) is 4.79 Å². The quantitative estimate of drug-likeness (QED) is 0.742. The number of carbonyl (C=O) groups excluding carboxylic acids is 1. The lowest BCUT2D eigenvalue weighted by atomic mass is 10.4. The van der Waals surface area contributed by atoms with Gasteiger partial charge in [-0.05, 0) is 12.5 Å². The minimum Gasteiger partial charge on any atom is -0.355 e. The first-order valence-corrected chi connectivity index (χ1v) is 5.00. The summed E-state index contributed by atoms with van der Waals surface area (Å²) in [5.74, 6) is 0.165. The second-order valence-corrected chi connectivity index (χ2v) is 3.08. The molecule has 6 heteroatoms. The van der Waals surface area contributed by atoms with E-state index < -0.39 is 0 Å². The van der Waals surface area contributed by atoms with Gasteiger partial charge in [-0.15, -0.1) is 0 Å². The van der Waals surface area contributed by atoms with E-state index in [4.69, 9.17) is 5.26 Å². The van der Waals surface area contributed by atoms with Crippen molar-refractivity contribution in [2.75, 3.05) is 18.4 Å². The van der Waals surface area contributed by atoms with Crippen LogP contribution in [0.1, 0.15) is 19.0 Å². The fourth-order valence-corrected chi connectivity index (χ4v) is 0.992. The molecule has 1 rings (SSSR count). The first-order chi connectivity index (χ1) is 7.76. The van der Waals surface area contributed by atoms with E-state index in [9.17, 15) is 4.79 Å². The van der Waals surface area contributed by atoms with Crippen molar-refractivity contribution in [1.29, 1.82) is 5.26 Å². The molecule has 0 saturated heterocycles. The van der Waals surface area contributed by atoms with Crippen molar-refractivity contribution in [2.24, 2.45) is 0 Å². The number of aromatic nitrogens is 2. The Morgan fingerprint density at radius 1 is 1.62 bits per heavy atom. The Balaban J connectivity index is 2.42. The minimum atomic E-state index is -0.118. The number of nitrogens with zero attached hydrogens (tertiary/aromatic N) is 3. The third-order valence-corrected chi connectivity index (χ3v) is 1.75. The van der Waals surface area contributed by atoms with Gasteiger partial charge in [-0.2, -0.15) is 5.26 Å². The fraction of sp³-hybridized carbons (Fsp3) is 0.400. The van der Waals surface area contributed by atoms with Gasteiger partial charge in [0.15, 0.2) is 0 Å². The molecule has 0 fully saturated rings. The second kappa shape index (κ2) is 6.35. The molecule has 1 aromatic rings. The van der Waals surface area contributed by atoms with Crippen LogP contribution in [0.15, 0.2) is 12.3 Å². The van der Waals surface area contributed by atoms with Gasteiger partial charge in [-0.1, -0.05) is 6.92 Å². The molecule has 0 aliphatic heterocycles. The summed E-state index contributed by atoms with van der Waals surface area (Å²) < 4.78 is 0. The smallest absolute Gasteiger partial charge is 0.239 e. The van der Waals surface area contributed by atoms with Crippen LogP contribution in [0.3, 0.4) is 0 Å². The van der Waals surface area contributed by atoms with Crippen LogP contribution in [0.5, 0.6) is 0 Å². The Labute approximate surface area is 93.7 Å². The molecule has 2 N–H and O–H groups in total. The van der Waals surface area contributed by atoms with Crippen LogP contribution < -0.4 is 10.6 Å². The highest BCUT2D eigenvalue weighted by Crippen LogP contribution is 1.97. The SMILES string of the molecule is CCCNC(=O)CNc1nccc(C#N)n1. The number of nitriles is 1. The van der Waals surface area contributed by atoms with Gasteiger partial charge in [0.25, 0.3) is 0 Å². The maximum Gasteiger partial charge on any atom is 0.239 e. The first kappa shape index (κ1) is 11.9. The molecule has 0 saturated carbocycles. The highest BCUT2D eigenvalue weighted by molar-refractivity contribution is 5.80. The number of rotatable bonds is 5. The molecule has 0 radical (unpaired) electrons. The Bertz CT molecular complexity index is 398. The van der Waals surface area contributed by atoms with Crippen LogP contribution in [-0.2, 0) is 4.79 Å². The van der Waals surface area contributed by atoms with Crippen LogP contribution in [0.2, 0.25) is 0 Å². The summed E-state index contributed by atoms with van der Waals surface area (Å²) in [5.41, 5.74) is 0.270. The average molecular weight is 219 g/mol. The van der Waals surface area contributed by atoms with Crippen molar-refractivity contribution >= 4 is 11.9 Å². The molecule has 1 aromatic heterocycles. The van der Waals surface area contributed by atoms with E-state index in [1.165, 1.54) is 12.3 Å². The zero-order valence-electron chi connectivity index (χ0n) is 9.03. The Kier molecular flexibility index (Phi) is 4.73.